The highest BCUT2D eigenvalue weighted by atomic mass is 16.5. The first-order chi connectivity index (χ1) is 11.0. The highest BCUT2D eigenvalue weighted by molar-refractivity contribution is 5.93. The fourth-order valence-electron chi connectivity index (χ4n) is 2.64. The van der Waals surface area contributed by atoms with E-state index in [1.807, 2.05) is 0 Å². The lowest BCUT2D eigenvalue weighted by Gasteiger charge is -2.18. The molecule has 8 nitrogen and oxygen atoms in total. The molecule has 2 rings (SSSR count). The molecule has 1 saturated heterocycles. The van der Waals surface area contributed by atoms with Gasteiger partial charge in [0.1, 0.15) is 11.4 Å². The summed E-state index contributed by atoms with van der Waals surface area (Å²) in [6.07, 6.45) is -0.103. The van der Waals surface area contributed by atoms with E-state index in [4.69, 9.17) is 15.6 Å². The molecule has 1 aliphatic heterocycles. The van der Waals surface area contributed by atoms with Gasteiger partial charge in [-0.3, -0.25) is 0 Å². The molecule has 23 heavy (non-hydrogen) atoms. The Morgan fingerprint density at radius 1 is 1.43 bits per heavy atom. The molecule has 1 aromatic carbocycles. The van der Waals surface area contributed by atoms with Crippen LogP contribution in [0.25, 0.3) is 0 Å². The van der Waals surface area contributed by atoms with Crippen molar-refractivity contribution in [2.75, 3.05) is 44.9 Å². The van der Waals surface area contributed by atoms with Crippen molar-refractivity contribution in [1.82, 2.24) is 4.90 Å². The van der Waals surface area contributed by atoms with Gasteiger partial charge in [0.05, 0.1) is 25.5 Å². The molecular formula is C15H21N3O5. The predicted octanol–water partition coefficient (Wildman–Crippen LogP) is 1.48. The smallest absolute Gasteiger partial charge is 0.407 e. The number of hydrogen-bond donors (Lipinski definition) is 3. The fraction of sp³-hybridized carbons (Fsp3) is 0.467. The topological polar surface area (TPSA) is 114 Å². The second-order valence-electron chi connectivity index (χ2n) is 5.40. The Morgan fingerprint density at radius 3 is 2.74 bits per heavy atom. The number of nitrogens with one attached hydrogen (secondary N) is 1. The Balaban J connectivity index is 2.08. The van der Waals surface area contributed by atoms with E-state index in [1.165, 1.54) is 25.2 Å². The summed E-state index contributed by atoms with van der Waals surface area (Å²) in [4.78, 5) is 23.9. The normalized spacial score (nSPS) is 17.0. The molecule has 1 aromatic rings. The summed E-state index contributed by atoms with van der Waals surface area (Å²) in [5.74, 6) is 0.156. The van der Waals surface area contributed by atoms with Crippen LogP contribution in [0, 0.1) is 5.92 Å². The zero-order valence-corrected chi connectivity index (χ0v) is 13.2. The van der Waals surface area contributed by atoms with Gasteiger partial charge >= 0.3 is 12.1 Å². The minimum Gasteiger partial charge on any atom is -0.494 e. The number of hydrogen-bond acceptors (Lipinski definition) is 6. The van der Waals surface area contributed by atoms with Gasteiger partial charge in [0.15, 0.2) is 0 Å². The van der Waals surface area contributed by atoms with E-state index in [0.717, 1.165) is 6.42 Å². The van der Waals surface area contributed by atoms with E-state index < -0.39 is 12.1 Å². The van der Waals surface area contributed by atoms with Crippen molar-refractivity contribution in [2.45, 2.75) is 6.42 Å². The van der Waals surface area contributed by atoms with E-state index in [0.29, 0.717) is 42.3 Å². The van der Waals surface area contributed by atoms with E-state index in [-0.39, 0.29) is 5.92 Å². The minimum absolute atomic E-state index is 0.204. The first-order valence-corrected chi connectivity index (χ1v) is 7.23. The van der Waals surface area contributed by atoms with Crippen LogP contribution in [0.15, 0.2) is 12.1 Å². The molecule has 1 amide bonds. The van der Waals surface area contributed by atoms with Gasteiger partial charge in [-0.05, 0) is 24.5 Å². The molecule has 1 unspecified atom stereocenters. The minimum atomic E-state index is -0.896. The van der Waals surface area contributed by atoms with Crippen molar-refractivity contribution in [1.29, 1.82) is 0 Å². The molecule has 1 atom stereocenters. The number of nitrogens with zero attached hydrogens (tertiary/aromatic N) is 1. The Morgan fingerprint density at radius 2 is 2.17 bits per heavy atom. The number of methoxy groups -OCH3 is 2. The van der Waals surface area contributed by atoms with Gasteiger partial charge in [0.25, 0.3) is 0 Å². The lowest BCUT2D eigenvalue weighted by atomic mass is 10.1. The monoisotopic (exact) mass is 323 g/mol. The molecule has 0 saturated carbocycles. The van der Waals surface area contributed by atoms with Crippen molar-refractivity contribution in [3.63, 3.8) is 0 Å². The van der Waals surface area contributed by atoms with Crippen LogP contribution in [0.3, 0.4) is 0 Å². The number of carbonyl (C=O) groups is 2. The molecule has 0 radical (unpaired) electrons. The number of nitrogens with two attached hydrogens (primary N) is 1. The molecule has 1 fully saturated rings. The standard InChI is InChI=1S/C15H21N3O5/c1-22-12-6-10(14(19)23-2)5-11(16)13(12)17-7-9-3-4-18(8-9)15(20)21/h5-6,9,17H,3-4,7-8,16H2,1-2H3,(H,20,21). The molecule has 0 bridgehead atoms. The van der Waals surface area contributed by atoms with Crippen molar-refractivity contribution >= 4 is 23.4 Å². The number of benzene rings is 1. The van der Waals surface area contributed by atoms with Gasteiger partial charge in [0, 0.05) is 19.6 Å². The highest BCUT2D eigenvalue weighted by Gasteiger charge is 2.26. The molecule has 0 spiro atoms. The largest absolute Gasteiger partial charge is 0.494 e. The number of anilines is 2. The molecule has 1 heterocycles. The number of nitrogen functional groups attached to an aromatic ring is 1. The van der Waals surface area contributed by atoms with Crippen LogP contribution in [-0.4, -0.2) is 55.9 Å². The van der Waals surface area contributed by atoms with Gasteiger partial charge in [-0.1, -0.05) is 0 Å². The summed E-state index contributed by atoms with van der Waals surface area (Å²) >= 11 is 0. The number of carboxylic acid groups (broad SMARTS) is 1. The van der Waals surface area contributed by atoms with Gasteiger partial charge in [-0.2, -0.15) is 0 Å². The van der Waals surface area contributed by atoms with Crippen molar-refractivity contribution < 1.29 is 24.2 Å². The van der Waals surface area contributed by atoms with Gasteiger partial charge in [0.2, 0.25) is 0 Å². The summed E-state index contributed by atoms with van der Waals surface area (Å²) in [6.45, 7) is 1.60. The van der Waals surface area contributed by atoms with Crippen LogP contribution in [-0.2, 0) is 4.74 Å². The van der Waals surface area contributed by atoms with E-state index in [1.54, 1.807) is 6.07 Å². The van der Waals surface area contributed by atoms with Crippen molar-refractivity contribution in [3.05, 3.63) is 17.7 Å². The van der Waals surface area contributed by atoms with Crippen LogP contribution in [0.1, 0.15) is 16.8 Å². The van der Waals surface area contributed by atoms with Crippen LogP contribution in [0.5, 0.6) is 5.75 Å². The van der Waals surface area contributed by atoms with Crippen molar-refractivity contribution in [2.24, 2.45) is 5.92 Å². The molecule has 8 heteroatoms. The first kappa shape index (κ1) is 16.7. The van der Waals surface area contributed by atoms with Gasteiger partial charge < -0.3 is 30.5 Å². The fourth-order valence-corrected chi connectivity index (χ4v) is 2.64. The maximum atomic E-state index is 11.6. The number of rotatable bonds is 5. The summed E-state index contributed by atoms with van der Waals surface area (Å²) < 4.78 is 9.96. The first-order valence-electron chi connectivity index (χ1n) is 7.23. The van der Waals surface area contributed by atoms with Crippen molar-refractivity contribution in [3.8, 4) is 5.75 Å². The van der Waals surface area contributed by atoms with Crippen LogP contribution >= 0.6 is 0 Å². The summed E-state index contributed by atoms with van der Waals surface area (Å²) in [5.41, 5.74) is 7.27. The molecule has 0 aromatic heterocycles. The lowest BCUT2D eigenvalue weighted by molar-refractivity contribution is 0.0600. The zero-order chi connectivity index (χ0) is 17.0. The van der Waals surface area contributed by atoms with Crippen LogP contribution < -0.4 is 15.8 Å². The van der Waals surface area contributed by atoms with Gasteiger partial charge in [-0.15, -0.1) is 0 Å². The maximum Gasteiger partial charge on any atom is 0.407 e. The third kappa shape index (κ3) is 3.77. The third-order valence-corrected chi connectivity index (χ3v) is 3.90. The second-order valence-corrected chi connectivity index (χ2v) is 5.40. The highest BCUT2D eigenvalue weighted by Crippen LogP contribution is 2.33. The van der Waals surface area contributed by atoms with E-state index >= 15 is 0 Å². The van der Waals surface area contributed by atoms with E-state index in [9.17, 15) is 9.59 Å². The quantitative estimate of drug-likeness (QED) is 0.555. The average Bonchev–Trinajstić information content (AvgIpc) is 3.01. The Kier molecular flexibility index (Phi) is 5.15. The zero-order valence-electron chi connectivity index (χ0n) is 13.2. The molecule has 4 N–H and O–H groups in total. The summed E-state index contributed by atoms with van der Waals surface area (Å²) in [5, 5.41) is 12.2. The second kappa shape index (κ2) is 7.08. The summed E-state index contributed by atoms with van der Waals surface area (Å²) in [7, 11) is 2.79. The lowest BCUT2D eigenvalue weighted by Crippen LogP contribution is -2.28. The Labute approximate surface area is 134 Å². The SMILES string of the molecule is COC(=O)c1cc(N)c(NCC2CCN(C(=O)O)C2)c(OC)c1. The van der Waals surface area contributed by atoms with Gasteiger partial charge in [-0.25, -0.2) is 9.59 Å². The van der Waals surface area contributed by atoms with E-state index in [2.05, 4.69) is 10.1 Å². The predicted molar refractivity (Wildman–Crippen MR) is 84.9 cm³/mol. The average molecular weight is 323 g/mol. The molecule has 1 aliphatic rings. The Hall–Kier alpha value is -2.64. The molecular weight excluding hydrogens is 302 g/mol. The van der Waals surface area contributed by atoms with Crippen LogP contribution in [0.2, 0.25) is 0 Å². The number of carbonyl (C=O) groups excluding carboxylic acids is 1. The maximum absolute atomic E-state index is 11.6. The third-order valence-electron chi connectivity index (χ3n) is 3.90. The molecule has 126 valence electrons. The number of ether oxygens (including phenoxy) is 2. The number of likely N-dealkylation sites (tertiary alicyclic amines) is 1. The number of esters is 1. The Bertz CT molecular complexity index is 605. The molecule has 0 aliphatic carbocycles. The summed E-state index contributed by atoms with van der Waals surface area (Å²) in [6, 6.07) is 3.08. The number of amides is 1. The van der Waals surface area contributed by atoms with Crippen LogP contribution in [0.4, 0.5) is 16.2 Å².